The predicted octanol–water partition coefficient (Wildman–Crippen LogP) is 4.19. The number of carbonyl (C=O) groups is 1. The van der Waals surface area contributed by atoms with Crippen molar-refractivity contribution >= 4 is 11.6 Å². The first kappa shape index (κ1) is 23.0. The standard InChI is InChI=1S/C22H28N2O6/c1-22(2,3)15-10-8-14(9-11-15)13-23(4)21(25)16-12-17(28-5)19(29-6)20(30-7)18(16)24(26)27/h8-12H,13H2,1-7H3. The Hall–Kier alpha value is -3.29. The summed E-state index contributed by atoms with van der Waals surface area (Å²) in [5.41, 5.74) is 1.52. The SMILES string of the molecule is COc1cc(C(=O)N(C)Cc2ccc(C(C)(C)C)cc2)c([N+](=O)[O-])c(OC)c1OC. The van der Waals surface area contributed by atoms with Gasteiger partial charge in [-0.2, -0.15) is 0 Å². The maximum atomic E-state index is 13.1. The van der Waals surface area contributed by atoms with E-state index in [4.69, 9.17) is 14.2 Å². The van der Waals surface area contributed by atoms with E-state index in [-0.39, 0.29) is 34.8 Å². The molecule has 0 unspecified atom stereocenters. The third kappa shape index (κ3) is 4.64. The summed E-state index contributed by atoms with van der Waals surface area (Å²) < 4.78 is 15.6. The van der Waals surface area contributed by atoms with E-state index < -0.39 is 16.5 Å². The molecule has 162 valence electrons. The van der Waals surface area contributed by atoms with Crippen LogP contribution in [0.5, 0.6) is 17.2 Å². The van der Waals surface area contributed by atoms with Gasteiger partial charge in [0.25, 0.3) is 5.91 Å². The Bertz CT molecular complexity index is 932. The van der Waals surface area contributed by atoms with Gasteiger partial charge in [-0.15, -0.1) is 0 Å². The second kappa shape index (κ2) is 9.02. The number of benzene rings is 2. The highest BCUT2D eigenvalue weighted by Gasteiger charge is 2.33. The molecule has 2 aromatic carbocycles. The molecule has 0 saturated heterocycles. The molecule has 0 aliphatic rings. The van der Waals surface area contributed by atoms with Crippen LogP contribution in [0.1, 0.15) is 42.3 Å². The zero-order chi connectivity index (χ0) is 22.6. The normalized spacial score (nSPS) is 11.0. The van der Waals surface area contributed by atoms with Crippen molar-refractivity contribution in [3.63, 3.8) is 0 Å². The Kier molecular flexibility index (Phi) is 6.92. The summed E-state index contributed by atoms with van der Waals surface area (Å²) in [5.74, 6) is -0.455. The lowest BCUT2D eigenvalue weighted by Crippen LogP contribution is -2.27. The van der Waals surface area contributed by atoms with Gasteiger partial charge in [-0.1, -0.05) is 45.0 Å². The summed E-state index contributed by atoms with van der Waals surface area (Å²) in [4.78, 5) is 25.6. The molecular weight excluding hydrogens is 388 g/mol. The van der Waals surface area contributed by atoms with E-state index >= 15 is 0 Å². The van der Waals surface area contributed by atoms with Gasteiger partial charge < -0.3 is 19.1 Å². The fourth-order valence-corrected chi connectivity index (χ4v) is 3.15. The first-order chi connectivity index (χ1) is 14.0. The summed E-state index contributed by atoms with van der Waals surface area (Å²) >= 11 is 0. The fourth-order valence-electron chi connectivity index (χ4n) is 3.15. The van der Waals surface area contributed by atoms with E-state index in [0.717, 1.165) is 5.56 Å². The van der Waals surface area contributed by atoms with Gasteiger partial charge in [0.1, 0.15) is 5.56 Å². The van der Waals surface area contributed by atoms with E-state index in [1.807, 2.05) is 24.3 Å². The minimum absolute atomic E-state index is 0.0249. The Morgan fingerprint density at radius 3 is 2.03 bits per heavy atom. The molecule has 0 spiro atoms. The van der Waals surface area contributed by atoms with Gasteiger partial charge in [-0.25, -0.2) is 0 Å². The second-order valence-corrected chi connectivity index (χ2v) is 7.91. The molecular formula is C22H28N2O6. The average Bonchev–Trinajstić information content (AvgIpc) is 2.70. The molecule has 0 bridgehead atoms. The van der Waals surface area contributed by atoms with Gasteiger partial charge in [0.05, 0.1) is 26.3 Å². The van der Waals surface area contributed by atoms with Crippen molar-refractivity contribution in [1.82, 2.24) is 4.90 Å². The van der Waals surface area contributed by atoms with Gasteiger partial charge in [-0.3, -0.25) is 14.9 Å². The van der Waals surface area contributed by atoms with Crippen LogP contribution in [-0.2, 0) is 12.0 Å². The lowest BCUT2D eigenvalue weighted by atomic mass is 9.87. The predicted molar refractivity (Wildman–Crippen MR) is 114 cm³/mol. The largest absolute Gasteiger partial charge is 0.493 e. The molecule has 0 aliphatic carbocycles. The molecule has 0 atom stereocenters. The highest BCUT2D eigenvalue weighted by Crippen LogP contribution is 2.46. The summed E-state index contributed by atoms with van der Waals surface area (Å²) in [6.45, 7) is 6.67. The highest BCUT2D eigenvalue weighted by atomic mass is 16.6. The molecule has 0 heterocycles. The molecule has 0 aliphatic heterocycles. The molecule has 0 radical (unpaired) electrons. The van der Waals surface area contributed by atoms with Crippen LogP contribution in [0.3, 0.4) is 0 Å². The zero-order valence-corrected chi connectivity index (χ0v) is 18.4. The summed E-state index contributed by atoms with van der Waals surface area (Å²) in [6.07, 6.45) is 0. The van der Waals surface area contributed by atoms with E-state index in [2.05, 4.69) is 20.8 Å². The number of carbonyl (C=O) groups excluding carboxylic acids is 1. The number of nitrogens with zero attached hydrogens (tertiary/aromatic N) is 2. The molecule has 2 rings (SSSR count). The molecule has 1 amide bonds. The Morgan fingerprint density at radius 2 is 1.60 bits per heavy atom. The van der Waals surface area contributed by atoms with Gasteiger partial charge in [-0.05, 0) is 16.5 Å². The van der Waals surface area contributed by atoms with Crippen molar-refractivity contribution in [3.8, 4) is 17.2 Å². The molecule has 30 heavy (non-hydrogen) atoms. The van der Waals surface area contributed by atoms with Crippen molar-refractivity contribution in [2.45, 2.75) is 32.7 Å². The first-order valence-electron chi connectivity index (χ1n) is 9.37. The molecule has 0 aromatic heterocycles. The minimum Gasteiger partial charge on any atom is -0.493 e. The van der Waals surface area contributed by atoms with Crippen LogP contribution in [0.15, 0.2) is 30.3 Å². The Labute approximate surface area is 176 Å². The molecule has 2 aromatic rings. The number of amides is 1. The van der Waals surface area contributed by atoms with Crippen LogP contribution in [0.25, 0.3) is 0 Å². The molecule has 0 fully saturated rings. The lowest BCUT2D eigenvalue weighted by molar-refractivity contribution is -0.386. The van der Waals surface area contributed by atoms with E-state index in [1.165, 1.54) is 37.9 Å². The maximum Gasteiger partial charge on any atom is 0.327 e. The van der Waals surface area contributed by atoms with Crippen LogP contribution in [0, 0.1) is 10.1 Å². The number of hydrogen-bond donors (Lipinski definition) is 0. The van der Waals surface area contributed by atoms with Crippen molar-refractivity contribution in [3.05, 3.63) is 57.1 Å². The van der Waals surface area contributed by atoms with Gasteiger partial charge in [0.15, 0.2) is 5.75 Å². The van der Waals surface area contributed by atoms with Crippen LogP contribution in [0.2, 0.25) is 0 Å². The van der Waals surface area contributed by atoms with Gasteiger partial charge in [0, 0.05) is 19.7 Å². The van der Waals surface area contributed by atoms with E-state index in [1.54, 1.807) is 7.05 Å². The summed E-state index contributed by atoms with van der Waals surface area (Å²) in [6, 6.07) is 9.26. The van der Waals surface area contributed by atoms with Crippen LogP contribution < -0.4 is 14.2 Å². The third-order valence-electron chi connectivity index (χ3n) is 4.80. The van der Waals surface area contributed by atoms with Gasteiger partial charge in [0.2, 0.25) is 11.5 Å². The monoisotopic (exact) mass is 416 g/mol. The van der Waals surface area contributed by atoms with E-state index in [9.17, 15) is 14.9 Å². The van der Waals surface area contributed by atoms with Crippen molar-refractivity contribution < 1.29 is 23.9 Å². The number of nitro groups is 1. The van der Waals surface area contributed by atoms with Gasteiger partial charge >= 0.3 is 5.69 Å². The molecule has 8 heteroatoms. The molecule has 0 N–H and O–H groups in total. The lowest BCUT2D eigenvalue weighted by Gasteiger charge is -2.21. The topological polar surface area (TPSA) is 91.1 Å². The first-order valence-corrected chi connectivity index (χ1v) is 9.37. The number of rotatable bonds is 7. The summed E-state index contributed by atoms with van der Waals surface area (Å²) in [7, 11) is 5.60. The average molecular weight is 416 g/mol. The van der Waals surface area contributed by atoms with Crippen molar-refractivity contribution in [2.75, 3.05) is 28.4 Å². The van der Waals surface area contributed by atoms with Crippen LogP contribution in [-0.4, -0.2) is 44.1 Å². The minimum atomic E-state index is -0.653. The highest BCUT2D eigenvalue weighted by molar-refractivity contribution is 6.00. The fraction of sp³-hybridized carbons (Fsp3) is 0.409. The number of ether oxygens (including phenoxy) is 3. The third-order valence-corrected chi connectivity index (χ3v) is 4.80. The smallest absolute Gasteiger partial charge is 0.327 e. The van der Waals surface area contributed by atoms with Crippen molar-refractivity contribution in [2.24, 2.45) is 0 Å². The Balaban J connectivity index is 2.42. The maximum absolute atomic E-state index is 13.1. The molecule has 0 saturated carbocycles. The van der Waals surface area contributed by atoms with Crippen molar-refractivity contribution in [1.29, 1.82) is 0 Å². The van der Waals surface area contributed by atoms with Crippen LogP contribution in [0.4, 0.5) is 5.69 Å². The number of nitro benzene ring substituents is 1. The Morgan fingerprint density at radius 1 is 1.03 bits per heavy atom. The second-order valence-electron chi connectivity index (χ2n) is 7.91. The quantitative estimate of drug-likeness (QED) is 0.496. The zero-order valence-electron chi connectivity index (χ0n) is 18.4. The summed E-state index contributed by atoms with van der Waals surface area (Å²) in [5, 5.41) is 11.7. The molecule has 8 nitrogen and oxygen atoms in total. The van der Waals surface area contributed by atoms with Crippen LogP contribution >= 0.6 is 0 Å². The number of methoxy groups -OCH3 is 3. The number of hydrogen-bond acceptors (Lipinski definition) is 6. The van der Waals surface area contributed by atoms with E-state index in [0.29, 0.717) is 0 Å².